The van der Waals surface area contributed by atoms with Crippen molar-refractivity contribution in [3.63, 3.8) is 0 Å². The van der Waals surface area contributed by atoms with Gasteiger partial charge in [-0.2, -0.15) is 0 Å². The molecule has 1 atom stereocenters. The zero-order valence-electron chi connectivity index (χ0n) is 23.4. The lowest BCUT2D eigenvalue weighted by molar-refractivity contribution is -0.138. The number of halogens is 1. The summed E-state index contributed by atoms with van der Waals surface area (Å²) in [6.07, 6.45) is 1.48. The predicted molar refractivity (Wildman–Crippen MR) is 166 cm³/mol. The first kappa shape index (κ1) is 28.4. The number of thiazole rings is 1. The van der Waals surface area contributed by atoms with Gasteiger partial charge >= 0.3 is 5.97 Å². The number of rotatable bonds is 7. The van der Waals surface area contributed by atoms with Crippen LogP contribution in [0.15, 0.2) is 107 Å². The van der Waals surface area contributed by atoms with Crippen LogP contribution in [0.5, 0.6) is 5.75 Å². The quantitative estimate of drug-likeness (QED) is 0.226. The Bertz CT molecular complexity index is 1990. The largest absolute Gasteiger partial charge is 0.497 e. The van der Waals surface area contributed by atoms with Crippen LogP contribution in [0.25, 0.3) is 5.57 Å². The van der Waals surface area contributed by atoms with E-state index in [-0.39, 0.29) is 22.6 Å². The normalized spacial score (nSPS) is 16.9. The average molecular weight is 612 g/mol. The van der Waals surface area contributed by atoms with Crippen LogP contribution in [-0.2, 0) is 20.9 Å². The molecule has 0 fully saturated rings. The predicted octanol–water partition coefficient (Wildman–Crippen LogP) is 4.54. The number of carbonyl (C=O) groups is 2. The van der Waals surface area contributed by atoms with Crippen LogP contribution in [0.3, 0.4) is 0 Å². The van der Waals surface area contributed by atoms with Gasteiger partial charge in [-0.25, -0.2) is 9.79 Å². The maximum Gasteiger partial charge on any atom is 0.338 e. The Morgan fingerprint density at radius 1 is 1.07 bits per heavy atom. The minimum Gasteiger partial charge on any atom is -0.497 e. The molecule has 2 aliphatic heterocycles. The van der Waals surface area contributed by atoms with Crippen LogP contribution in [0.2, 0.25) is 5.02 Å². The minimum absolute atomic E-state index is 0.00819. The molecule has 3 aromatic carbocycles. The summed E-state index contributed by atoms with van der Waals surface area (Å²) in [5.41, 5.74) is 3.48. The molecule has 1 unspecified atom stereocenters. The van der Waals surface area contributed by atoms with Crippen LogP contribution < -0.4 is 24.5 Å². The van der Waals surface area contributed by atoms with Crippen molar-refractivity contribution in [1.82, 2.24) is 4.57 Å². The van der Waals surface area contributed by atoms with Crippen molar-refractivity contribution in [3.8, 4) is 5.75 Å². The summed E-state index contributed by atoms with van der Waals surface area (Å²) >= 11 is 7.21. The number of hydrogen-bond acceptors (Lipinski definition) is 7. The van der Waals surface area contributed by atoms with Crippen LogP contribution in [0.4, 0.5) is 5.69 Å². The van der Waals surface area contributed by atoms with Crippen molar-refractivity contribution in [3.05, 3.63) is 138 Å². The van der Waals surface area contributed by atoms with E-state index in [2.05, 4.69) is 11.6 Å². The molecule has 0 saturated heterocycles. The first-order valence-electron chi connectivity index (χ1n) is 13.4. The summed E-state index contributed by atoms with van der Waals surface area (Å²) in [5, 5.41) is 0.605. The molecule has 1 amide bonds. The average Bonchev–Trinajstić information content (AvgIpc) is 3.48. The highest BCUT2D eigenvalue weighted by atomic mass is 35.5. The Morgan fingerprint density at radius 3 is 2.49 bits per heavy atom. The van der Waals surface area contributed by atoms with Gasteiger partial charge < -0.3 is 14.4 Å². The molecule has 43 heavy (non-hydrogen) atoms. The molecule has 1 aromatic heterocycles. The maximum atomic E-state index is 14.3. The molecule has 6 rings (SSSR count). The molecule has 0 radical (unpaired) electrons. The smallest absolute Gasteiger partial charge is 0.338 e. The van der Waals surface area contributed by atoms with Crippen molar-refractivity contribution in [1.29, 1.82) is 0 Å². The third kappa shape index (κ3) is 5.00. The second kappa shape index (κ2) is 11.5. The summed E-state index contributed by atoms with van der Waals surface area (Å²) < 4.78 is 12.5. The van der Waals surface area contributed by atoms with Gasteiger partial charge in [0.05, 0.1) is 42.2 Å². The Balaban J connectivity index is 1.55. The van der Waals surface area contributed by atoms with E-state index >= 15 is 0 Å². The van der Waals surface area contributed by atoms with Crippen LogP contribution in [0.1, 0.15) is 29.7 Å². The number of allylic oxidation sites excluding steroid dienone is 1. The Kier molecular flexibility index (Phi) is 7.60. The van der Waals surface area contributed by atoms with E-state index in [4.69, 9.17) is 21.1 Å². The Morgan fingerprint density at radius 2 is 1.79 bits per heavy atom. The fraction of sp³-hybridized carbons (Fsp3) is 0.152. The van der Waals surface area contributed by atoms with Gasteiger partial charge in [0.2, 0.25) is 0 Å². The van der Waals surface area contributed by atoms with E-state index in [9.17, 15) is 14.4 Å². The lowest BCUT2D eigenvalue weighted by atomic mass is 9.96. The van der Waals surface area contributed by atoms with Gasteiger partial charge in [0.15, 0.2) is 4.80 Å². The molecule has 8 nitrogen and oxygen atoms in total. The lowest BCUT2D eigenvalue weighted by Crippen LogP contribution is -2.41. The number of aromatic nitrogens is 1. The summed E-state index contributed by atoms with van der Waals surface area (Å²) in [7, 11) is 1.56. The van der Waals surface area contributed by atoms with E-state index < -0.39 is 17.6 Å². The van der Waals surface area contributed by atoms with E-state index in [0.717, 1.165) is 16.9 Å². The number of methoxy groups -OCH3 is 1. The molecular formula is C33H26ClN3O5S. The third-order valence-corrected chi connectivity index (χ3v) is 8.69. The first-order chi connectivity index (χ1) is 20.8. The number of esters is 1. The molecule has 0 saturated carbocycles. The standard InChI is InChI=1S/C33H26ClN3O5S/c1-4-17-42-32(40)26-19(2)35-33-37(28(26)21-11-15-23(41-3)16-12-21)31(39)29(43-33)27-24-7-5-6-8-25(24)36(30(27)38)18-20-9-13-22(34)14-10-20/h4-16,28H,1,17-18H2,2-3H3/b29-27-. The number of benzene rings is 3. The second-order valence-electron chi connectivity index (χ2n) is 9.97. The van der Waals surface area contributed by atoms with E-state index in [0.29, 0.717) is 50.2 Å². The van der Waals surface area contributed by atoms with Crippen LogP contribution in [-0.4, -0.2) is 30.2 Å². The Labute approximate surface area is 256 Å². The zero-order chi connectivity index (χ0) is 30.2. The van der Waals surface area contributed by atoms with Gasteiger partial charge in [0.25, 0.3) is 11.5 Å². The van der Waals surface area contributed by atoms with E-state index in [1.165, 1.54) is 10.6 Å². The topological polar surface area (TPSA) is 90.2 Å². The minimum atomic E-state index is -0.828. The number of fused-ring (bicyclic) bond motifs is 2. The number of anilines is 1. The molecule has 2 aliphatic rings. The van der Waals surface area contributed by atoms with Gasteiger partial charge in [0, 0.05) is 10.6 Å². The number of hydrogen-bond donors (Lipinski definition) is 0. The zero-order valence-corrected chi connectivity index (χ0v) is 24.9. The molecule has 4 aromatic rings. The molecule has 216 valence electrons. The first-order valence-corrected chi connectivity index (χ1v) is 14.6. The van der Waals surface area contributed by atoms with Gasteiger partial charge in [-0.1, -0.05) is 78.1 Å². The van der Waals surface area contributed by atoms with Crippen molar-refractivity contribution in [2.75, 3.05) is 18.6 Å². The number of ether oxygens (including phenoxy) is 2. The second-order valence-corrected chi connectivity index (χ2v) is 11.4. The molecule has 0 bridgehead atoms. The number of carbonyl (C=O) groups excluding carboxylic acids is 2. The maximum absolute atomic E-state index is 14.3. The molecule has 0 aliphatic carbocycles. The van der Waals surface area contributed by atoms with Crippen LogP contribution in [0, 0.1) is 0 Å². The van der Waals surface area contributed by atoms with Gasteiger partial charge in [0.1, 0.15) is 16.9 Å². The fourth-order valence-corrected chi connectivity index (χ4v) is 6.64. The Hall–Kier alpha value is -4.73. The molecule has 10 heteroatoms. The fourth-order valence-electron chi connectivity index (χ4n) is 5.38. The van der Waals surface area contributed by atoms with Gasteiger partial charge in [-0.05, 0) is 48.4 Å². The molecule has 3 heterocycles. The van der Waals surface area contributed by atoms with Crippen molar-refractivity contribution < 1.29 is 19.1 Å². The number of amides is 1. The van der Waals surface area contributed by atoms with Crippen LogP contribution >= 0.6 is 22.9 Å². The van der Waals surface area contributed by atoms with E-state index in [1.807, 2.05) is 36.4 Å². The summed E-state index contributed by atoms with van der Waals surface area (Å²) in [6.45, 7) is 5.65. The molecule has 0 N–H and O–H groups in total. The number of para-hydroxylation sites is 1. The summed E-state index contributed by atoms with van der Waals surface area (Å²) in [4.78, 5) is 48.4. The monoisotopic (exact) mass is 611 g/mol. The van der Waals surface area contributed by atoms with Crippen molar-refractivity contribution in [2.24, 2.45) is 4.99 Å². The highest BCUT2D eigenvalue weighted by molar-refractivity contribution is 7.07. The summed E-state index contributed by atoms with van der Waals surface area (Å²) in [6, 6.07) is 21.0. The highest BCUT2D eigenvalue weighted by Gasteiger charge is 2.37. The number of nitrogens with zero attached hydrogens (tertiary/aromatic N) is 3. The van der Waals surface area contributed by atoms with E-state index in [1.54, 1.807) is 55.3 Å². The molecular weight excluding hydrogens is 586 g/mol. The third-order valence-electron chi connectivity index (χ3n) is 7.39. The summed E-state index contributed by atoms with van der Waals surface area (Å²) in [5.74, 6) is -0.260. The SMILES string of the molecule is C=CCOC(=O)C1=C(C)N=c2s/c(=C3\C(=O)N(Cc4ccc(Cl)cc4)c4ccccc43)c(=O)n2C1c1ccc(OC)cc1. The lowest BCUT2D eigenvalue weighted by Gasteiger charge is -2.24. The molecule has 0 spiro atoms. The van der Waals surface area contributed by atoms with Crippen molar-refractivity contribution >= 4 is 46.1 Å². The van der Waals surface area contributed by atoms with Gasteiger partial charge in [-0.3, -0.25) is 14.2 Å². The van der Waals surface area contributed by atoms with Gasteiger partial charge in [-0.15, -0.1) is 0 Å². The van der Waals surface area contributed by atoms with Crippen molar-refractivity contribution in [2.45, 2.75) is 19.5 Å². The highest BCUT2D eigenvalue weighted by Crippen LogP contribution is 2.37.